The summed E-state index contributed by atoms with van der Waals surface area (Å²) in [5, 5.41) is 24.1. The molecule has 2 aromatic carbocycles. The van der Waals surface area contributed by atoms with E-state index in [0.29, 0.717) is 34.8 Å². The number of rotatable bonds is 8. The second-order valence-corrected chi connectivity index (χ2v) is 6.60. The Morgan fingerprint density at radius 2 is 1.87 bits per heavy atom. The van der Waals surface area contributed by atoms with Crippen LogP contribution >= 0.6 is 0 Å². The number of esters is 1. The highest BCUT2D eigenvalue weighted by molar-refractivity contribution is 5.95. The number of anilines is 1. The fourth-order valence-corrected chi connectivity index (χ4v) is 3.04. The number of aliphatic hydroxyl groups excluding tert-OH is 1. The molecule has 0 unspecified atom stereocenters. The normalized spacial score (nSPS) is 10.8. The lowest BCUT2D eigenvalue weighted by atomic mass is 10.1. The van der Waals surface area contributed by atoms with Crippen LogP contribution in [0.3, 0.4) is 0 Å². The van der Waals surface area contributed by atoms with E-state index in [-0.39, 0.29) is 25.0 Å². The van der Waals surface area contributed by atoms with E-state index in [1.54, 1.807) is 31.2 Å². The smallest absolute Gasteiger partial charge is 0.340 e. The van der Waals surface area contributed by atoms with Crippen molar-refractivity contribution in [2.24, 2.45) is 0 Å². The van der Waals surface area contributed by atoms with E-state index in [1.165, 1.54) is 0 Å². The number of nitrogens with one attached hydrogen (secondary N) is 1. The van der Waals surface area contributed by atoms with Gasteiger partial charge in [-0.15, -0.1) is 10.2 Å². The Kier molecular flexibility index (Phi) is 6.04. The van der Waals surface area contributed by atoms with Crippen molar-refractivity contribution in [1.29, 1.82) is 0 Å². The number of aryl methyl sites for hydroxylation is 1. The molecule has 0 aliphatic carbocycles. The molecule has 0 fully saturated rings. The van der Waals surface area contributed by atoms with Crippen molar-refractivity contribution in [1.82, 2.24) is 15.4 Å². The summed E-state index contributed by atoms with van der Waals surface area (Å²) in [6, 6.07) is 16.4. The number of aromatic nitrogens is 3. The van der Waals surface area contributed by atoms with E-state index >= 15 is 0 Å². The van der Waals surface area contributed by atoms with Gasteiger partial charge in [0, 0.05) is 17.8 Å². The Hall–Kier alpha value is -3.98. The van der Waals surface area contributed by atoms with E-state index < -0.39 is 5.97 Å². The summed E-state index contributed by atoms with van der Waals surface area (Å²) < 4.78 is 16.4. The molecule has 0 aliphatic rings. The zero-order valence-electron chi connectivity index (χ0n) is 16.7. The Morgan fingerprint density at radius 3 is 2.68 bits per heavy atom. The quantitative estimate of drug-likeness (QED) is 0.412. The fraction of sp³-hybridized carbons (Fsp3) is 0.182. The van der Waals surface area contributed by atoms with Crippen LogP contribution in [0.5, 0.6) is 0 Å². The number of aliphatic hydroxyl groups is 1. The summed E-state index contributed by atoms with van der Waals surface area (Å²) in [5.41, 5.74) is 2.95. The molecule has 0 spiro atoms. The van der Waals surface area contributed by atoms with Crippen molar-refractivity contribution < 1.29 is 23.6 Å². The molecule has 9 nitrogen and oxygen atoms in total. The highest BCUT2D eigenvalue weighted by Crippen LogP contribution is 2.33. The van der Waals surface area contributed by atoms with Crippen molar-refractivity contribution in [2.75, 3.05) is 18.5 Å². The Morgan fingerprint density at radius 1 is 1.10 bits per heavy atom. The van der Waals surface area contributed by atoms with Gasteiger partial charge in [0.2, 0.25) is 0 Å². The summed E-state index contributed by atoms with van der Waals surface area (Å²) in [4.78, 5) is 12.5. The fourth-order valence-electron chi connectivity index (χ4n) is 3.04. The average molecular weight is 420 g/mol. The highest BCUT2D eigenvalue weighted by atomic mass is 16.5. The van der Waals surface area contributed by atoms with Gasteiger partial charge in [0.25, 0.3) is 11.8 Å². The number of hydrogen-bond acceptors (Lipinski definition) is 9. The number of carbonyl (C=O) groups excluding carboxylic acids is 1. The van der Waals surface area contributed by atoms with Gasteiger partial charge in [0.05, 0.1) is 12.2 Å². The molecule has 158 valence electrons. The van der Waals surface area contributed by atoms with Gasteiger partial charge >= 0.3 is 5.97 Å². The molecule has 0 bridgehead atoms. The van der Waals surface area contributed by atoms with Gasteiger partial charge in [-0.3, -0.25) is 0 Å². The minimum atomic E-state index is -0.549. The lowest BCUT2D eigenvalue weighted by Crippen LogP contribution is -2.12. The predicted octanol–water partition coefficient (Wildman–Crippen LogP) is 3.46. The van der Waals surface area contributed by atoms with Crippen molar-refractivity contribution in [3.05, 3.63) is 71.8 Å². The maximum atomic E-state index is 12.5. The molecule has 2 aromatic heterocycles. The Bertz CT molecular complexity index is 1170. The lowest BCUT2D eigenvalue weighted by Gasteiger charge is -2.10. The Balaban J connectivity index is 1.49. The topological polar surface area (TPSA) is 124 Å². The molecule has 0 radical (unpaired) electrons. The van der Waals surface area contributed by atoms with Gasteiger partial charge in [0.15, 0.2) is 6.61 Å². The Labute approximate surface area is 177 Å². The summed E-state index contributed by atoms with van der Waals surface area (Å²) in [6.07, 6.45) is 0. The van der Waals surface area contributed by atoms with Gasteiger partial charge in [-0.05, 0) is 19.1 Å². The molecule has 31 heavy (non-hydrogen) atoms. The zero-order valence-corrected chi connectivity index (χ0v) is 16.7. The third-order valence-corrected chi connectivity index (χ3v) is 4.49. The van der Waals surface area contributed by atoms with Crippen molar-refractivity contribution in [3.63, 3.8) is 0 Å². The van der Waals surface area contributed by atoms with Crippen LogP contribution in [0.15, 0.2) is 63.5 Å². The molecule has 0 saturated carbocycles. The van der Waals surface area contributed by atoms with Gasteiger partial charge < -0.3 is 24.1 Å². The molecule has 0 amide bonds. The summed E-state index contributed by atoms with van der Waals surface area (Å²) in [5.74, 6) is 0.360. The molecule has 4 rings (SSSR count). The third-order valence-electron chi connectivity index (χ3n) is 4.49. The monoisotopic (exact) mass is 420 g/mol. The first kappa shape index (κ1) is 20.3. The van der Waals surface area contributed by atoms with E-state index in [9.17, 15) is 4.79 Å². The molecule has 9 heteroatoms. The number of ether oxygens (including phenoxy) is 1. The average Bonchev–Trinajstić information content (AvgIpc) is 3.43. The molecule has 0 aliphatic heterocycles. The maximum absolute atomic E-state index is 12.5. The maximum Gasteiger partial charge on any atom is 0.340 e. The minimum Gasteiger partial charge on any atom is -0.452 e. The molecular weight excluding hydrogens is 400 g/mol. The van der Waals surface area contributed by atoms with E-state index in [4.69, 9.17) is 18.8 Å². The van der Waals surface area contributed by atoms with Crippen LogP contribution < -0.4 is 5.32 Å². The molecule has 0 atom stereocenters. The first-order chi connectivity index (χ1) is 15.2. The van der Waals surface area contributed by atoms with Gasteiger partial charge in [-0.25, -0.2) is 4.79 Å². The lowest BCUT2D eigenvalue weighted by molar-refractivity contribution is 0.0439. The van der Waals surface area contributed by atoms with E-state index in [0.717, 1.165) is 5.56 Å². The number of hydrogen-bond donors (Lipinski definition) is 2. The number of benzene rings is 2. The minimum absolute atomic E-state index is 0.0542. The SMILES string of the molecule is Cc1onc(-c2ccccc2)c1-c1nnc(COC(=O)c2ccccc2NCCO)o1. The number of para-hydroxylation sites is 1. The summed E-state index contributed by atoms with van der Waals surface area (Å²) in [6.45, 7) is 1.83. The van der Waals surface area contributed by atoms with Crippen LogP contribution in [0.2, 0.25) is 0 Å². The largest absolute Gasteiger partial charge is 0.452 e. The second-order valence-electron chi connectivity index (χ2n) is 6.60. The third kappa shape index (κ3) is 4.46. The van der Waals surface area contributed by atoms with Crippen molar-refractivity contribution in [3.8, 4) is 22.7 Å². The van der Waals surface area contributed by atoms with Crippen LogP contribution in [0.1, 0.15) is 22.0 Å². The summed E-state index contributed by atoms with van der Waals surface area (Å²) >= 11 is 0. The van der Waals surface area contributed by atoms with Crippen LogP contribution in [0.4, 0.5) is 5.69 Å². The van der Waals surface area contributed by atoms with Gasteiger partial charge in [-0.1, -0.05) is 47.6 Å². The molecule has 2 N–H and O–H groups in total. The number of nitrogens with zero attached hydrogens (tertiary/aromatic N) is 3. The predicted molar refractivity (Wildman–Crippen MR) is 111 cm³/mol. The summed E-state index contributed by atoms with van der Waals surface area (Å²) in [7, 11) is 0. The highest BCUT2D eigenvalue weighted by Gasteiger charge is 2.22. The molecule has 0 saturated heterocycles. The number of carbonyl (C=O) groups is 1. The molecular formula is C22H20N4O5. The van der Waals surface area contributed by atoms with Crippen molar-refractivity contribution in [2.45, 2.75) is 13.5 Å². The second kappa shape index (κ2) is 9.23. The van der Waals surface area contributed by atoms with Crippen LogP contribution in [-0.2, 0) is 11.3 Å². The van der Waals surface area contributed by atoms with Crippen LogP contribution in [0, 0.1) is 6.92 Å². The molecule has 2 heterocycles. The zero-order chi connectivity index (χ0) is 21.6. The van der Waals surface area contributed by atoms with Gasteiger partial charge in [0.1, 0.15) is 17.0 Å². The van der Waals surface area contributed by atoms with E-state index in [2.05, 4.69) is 20.7 Å². The first-order valence-corrected chi connectivity index (χ1v) is 9.62. The van der Waals surface area contributed by atoms with Crippen LogP contribution in [0.25, 0.3) is 22.7 Å². The first-order valence-electron chi connectivity index (χ1n) is 9.62. The standard InChI is InChI=1S/C22H20N4O5/c1-14-19(20(26-31-14)15-7-3-2-4-8-15)21-25-24-18(30-21)13-29-22(28)16-9-5-6-10-17(16)23-11-12-27/h2-10,23,27H,11-13H2,1H3. The van der Waals surface area contributed by atoms with E-state index in [1.807, 2.05) is 30.3 Å². The molecule has 4 aromatic rings. The van der Waals surface area contributed by atoms with Crippen LogP contribution in [-0.4, -0.2) is 39.6 Å². The van der Waals surface area contributed by atoms with Gasteiger partial charge in [-0.2, -0.15) is 0 Å². The van der Waals surface area contributed by atoms with Crippen molar-refractivity contribution >= 4 is 11.7 Å².